The summed E-state index contributed by atoms with van der Waals surface area (Å²) in [5, 5.41) is 0. The van der Waals surface area contributed by atoms with Crippen LogP contribution < -0.4 is 5.73 Å². The zero-order valence-electron chi connectivity index (χ0n) is 10.8. The summed E-state index contributed by atoms with van der Waals surface area (Å²) >= 11 is 0. The molecule has 1 aromatic carbocycles. The molecule has 2 rings (SSSR count). The van der Waals surface area contributed by atoms with E-state index < -0.39 is 23.1 Å². The van der Waals surface area contributed by atoms with Crippen molar-refractivity contribution in [3.05, 3.63) is 29.3 Å². The Kier molecular flexibility index (Phi) is 3.99. The third-order valence-corrected chi connectivity index (χ3v) is 3.44. The van der Waals surface area contributed by atoms with Crippen LogP contribution in [0.15, 0.2) is 12.1 Å². The number of likely N-dealkylation sites (N-methyl/N-ethyl adjacent to an activating group) is 1. The maximum absolute atomic E-state index is 13.8. The summed E-state index contributed by atoms with van der Waals surface area (Å²) in [5.74, 6) is -2.46. The maximum atomic E-state index is 13.8. The molecular formula is C13H17F2N3O. The van der Waals surface area contributed by atoms with Gasteiger partial charge in [-0.3, -0.25) is 4.79 Å². The summed E-state index contributed by atoms with van der Waals surface area (Å²) in [6.07, 6.45) is 0. The van der Waals surface area contributed by atoms with Crippen molar-refractivity contribution in [2.45, 2.75) is 6.92 Å². The van der Waals surface area contributed by atoms with Gasteiger partial charge in [0.25, 0.3) is 5.91 Å². The van der Waals surface area contributed by atoms with Crippen LogP contribution in [0.3, 0.4) is 0 Å². The van der Waals surface area contributed by atoms with Crippen molar-refractivity contribution in [3.63, 3.8) is 0 Å². The third-order valence-electron chi connectivity index (χ3n) is 3.44. The number of nitrogens with zero attached hydrogens (tertiary/aromatic N) is 2. The van der Waals surface area contributed by atoms with Gasteiger partial charge in [-0.15, -0.1) is 0 Å². The number of carbonyl (C=O) groups excluding carboxylic acids is 1. The number of nitrogen functional groups attached to an aromatic ring is 1. The number of nitrogens with two attached hydrogens (primary N) is 1. The maximum Gasteiger partial charge on any atom is 0.259 e. The van der Waals surface area contributed by atoms with Crippen LogP contribution in [0.25, 0.3) is 0 Å². The molecule has 19 heavy (non-hydrogen) atoms. The van der Waals surface area contributed by atoms with Crippen molar-refractivity contribution in [3.8, 4) is 0 Å². The molecule has 1 amide bonds. The highest BCUT2D eigenvalue weighted by molar-refractivity contribution is 5.95. The standard InChI is InChI=1S/C13H17F2N3O/c1-2-17-5-7-18(8-6-17)13(19)11-9(14)3-4-10(16)12(11)15/h3-4H,2,5-8,16H2,1H3. The number of amides is 1. The average Bonchev–Trinajstić information content (AvgIpc) is 2.43. The SMILES string of the molecule is CCN1CCN(C(=O)c2c(F)ccc(N)c2F)CC1. The Morgan fingerprint density at radius 1 is 1.26 bits per heavy atom. The summed E-state index contributed by atoms with van der Waals surface area (Å²) in [4.78, 5) is 15.8. The van der Waals surface area contributed by atoms with Gasteiger partial charge in [0.15, 0.2) is 5.82 Å². The van der Waals surface area contributed by atoms with E-state index in [1.165, 1.54) is 4.90 Å². The van der Waals surface area contributed by atoms with Gasteiger partial charge in [0.05, 0.1) is 5.69 Å². The normalized spacial score (nSPS) is 16.7. The minimum Gasteiger partial charge on any atom is -0.396 e. The Labute approximate surface area is 110 Å². The van der Waals surface area contributed by atoms with Crippen LogP contribution in [0.4, 0.5) is 14.5 Å². The first-order chi connectivity index (χ1) is 9.04. The fourth-order valence-corrected chi connectivity index (χ4v) is 2.19. The van der Waals surface area contributed by atoms with E-state index >= 15 is 0 Å². The molecule has 0 saturated carbocycles. The number of rotatable bonds is 2. The topological polar surface area (TPSA) is 49.6 Å². The third kappa shape index (κ3) is 2.68. The number of benzene rings is 1. The highest BCUT2D eigenvalue weighted by Gasteiger charge is 2.27. The lowest BCUT2D eigenvalue weighted by molar-refractivity contribution is 0.0634. The van der Waals surface area contributed by atoms with Gasteiger partial charge in [0.2, 0.25) is 0 Å². The molecule has 1 aliphatic rings. The number of anilines is 1. The number of hydrogen-bond donors (Lipinski definition) is 1. The Balaban J connectivity index is 2.19. The first-order valence-electron chi connectivity index (χ1n) is 6.29. The molecule has 1 aromatic rings. The van der Waals surface area contributed by atoms with E-state index in [0.29, 0.717) is 26.2 Å². The van der Waals surface area contributed by atoms with Crippen LogP contribution in [0, 0.1) is 11.6 Å². The average molecular weight is 269 g/mol. The van der Waals surface area contributed by atoms with Gasteiger partial charge in [-0.25, -0.2) is 8.78 Å². The predicted octanol–water partition coefficient (Wildman–Crippen LogP) is 1.32. The number of halogens is 2. The molecule has 0 spiro atoms. The zero-order chi connectivity index (χ0) is 14.0. The molecule has 0 radical (unpaired) electrons. The van der Waals surface area contributed by atoms with E-state index in [2.05, 4.69) is 4.90 Å². The van der Waals surface area contributed by atoms with Crippen LogP contribution >= 0.6 is 0 Å². The second-order valence-corrected chi connectivity index (χ2v) is 4.55. The first kappa shape index (κ1) is 13.7. The van der Waals surface area contributed by atoms with Crippen LogP contribution in [-0.2, 0) is 0 Å². The molecule has 0 unspecified atom stereocenters. The predicted molar refractivity (Wildman–Crippen MR) is 68.8 cm³/mol. The molecule has 4 nitrogen and oxygen atoms in total. The van der Waals surface area contributed by atoms with Crippen molar-refractivity contribution >= 4 is 11.6 Å². The molecule has 1 fully saturated rings. The smallest absolute Gasteiger partial charge is 0.259 e. The minimum absolute atomic E-state index is 0.211. The highest BCUT2D eigenvalue weighted by atomic mass is 19.1. The lowest BCUT2D eigenvalue weighted by Crippen LogP contribution is -2.48. The van der Waals surface area contributed by atoms with Crippen molar-refractivity contribution in [1.82, 2.24) is 9.80 Å². The monoisotopic (exact) mass is 269 g/mol. The molecule has 104 valence electrons. The van der Waals surface area contributed by atoms with E-state index in [4.69, 9.17) is 5.73 Å². The summed E-state index contributed by atoms with van der Waals surface area (Å²) in [7, 11) is 0. The second kappa shape index (κ2) is 5.52. The molecule has 0 aliphatic carbocycles. The minimum atomic E-state index is -0.970. The summed E-state index contributed by atoms with van der Waals surface area (Å²) in [5.41, 5.74) is 4.62. The molecule has 0 aromatic heterocycles. The van der Waals surface area contributed by atoms with Crippen molar-refractivity contribution in [1.29, 1.82) is 0 Å². The number of carbonyl (C=O) groups is 1. The van der Waals surface area contributed by atoms with Gasteiger partial charge in [-0.2, -0.15) is 0 Å². The lowest BCUT2D eigenvalue weighted by Gasteiger charge is -2.34. The summed E-state index contributed by atoms with van der Waals surface area (Å²) in [6, 6.07) is 2.14. The van der Waals surface area contributed by atoms with Crippen LogP contribution in [0.5, 0.6) is 0 Å². The van der Waals surface area contributed by atoms with Crippen molar-refractivity contribution in [2.75, 3.05) is 38.5 Å². The fourth-order valence-electron chi connectivity index (χ4n) is 2.19. The molecule has 1 saturated heterocycles. The van der Waals surface area contributed by atoms with E-state index in [-0.39, 0.29) is 5.69 Å². The molecule has 0 atom stereocenters. The first-order valence-corrected chi connectivity index (χ1v) is 6.29. The van der Waals surface area contributed by atoms with Gasteiger partial charge < -0.3 is 15.5 Å². The van der Waals surface area contributed by atoms with E-state index in [0.717, 1.165) is 18.7 Å². The highest BCUT2D eigenvalue weighted by Crippen LogP contribution is 2.21. The zero-order valence-corrected chi connectivity index (χ0v) is 10.8. The Morgan fingerprint density at radius 2 is 1.89 bits per heavy atom. The van der Waals surface area contributed by atoms with Crippen molar-refractivity contribution < 1.29 is 13.6 Å². The number of piperazine rings is 1. The Bertz CT molecular complexity index is 485. The fraction of sp³-hybridized carbons (Fsp3) is 0.462. The van der Waals surface area contributed by atoms with Crippen LogP contribution in [0.2, 0.25) is 0 Å². The molecular weight excluding hydrogens is 252 g/mol. The van der Waals surface area contributed by atoms with E-state index in [1.54, 1.807) is 0 Å². The summed E-state index contributed by atoms with van der Waals surface area (Å²) < 4.78 is 27.4. The van der Waals surface area contributed by atoms with Gasteiger partial charge >= 0.3 is 0 Å². The Hall–Kier alpha value is -1.69. The Morgan fingerprint density at radius 3 is 2.47 bits per heavy atom. The molecule has 1 heterocycles. The molecule has 0 bridgehead atoms. The van der Waals surface area contributed by atoms with Gasteiger partial charge in [-0.1, -0.05) is 6.92 Å². The molecule has 2 N–H and O–H groups in total. The van der Waals surface area contributed by atoms with Crippen molar-refractivity contribution in [2.24, 2.45) is 0 Å². The van der Waals surface area contributed by atoms with Gasteiger partial charge in [0, 0.05) is 26.2 Å². The second-order valence-electron chi connectivity index (χ2n) is 4.55. The lowest BCUT2D eigenvalue weighted by atomic mass is 10.1. The molecule has 1 aliphatic heterocycles. The number of hydrogen-bond acceptors (Lipinski definition) is 3. The van der Waals surface area contributed by atoms with Gasteiger partial charge in [0.1, 0.15) is 11.4 Å². The van der Waals surface area contributed by atoms with Crippen LogP contribution in [-0.4, -0.2) is 48.4 Å². The van der Waals surface area contributed by atoms with Gasteiger partial charge in [-0.05, 0) is 18.7 Å². The largest absolute Gasteiger partial charge is 0.396 e. The quantitative estimate of drug-likeness (QED) is 0.824. The van der Waals surface area contributed by atoms with E-state index in [1.807, 2.05) is 6.92 Å². The molecule has 6 heteroatoms. The van der Waals surface area contributed by atoms with Crippen LogP contribution in [0.1, 0.15) is 17.3 Å². The van der Waals surface area contributed by atoms with E-state index in [9.17, 15) is 13.6 Å². The summed E-state index contributed by atoms with van der Waals surface area (Å²) in [6.45, 7) is 5.32.